The number of carbonyl (C=O) groups is 1. The van der Waals surface area contributed by atoms with Crippen LogP contribution in [0, 0.1) is 11.8 Å². The summed E-state index contributed by atoms with van der Waals surface area (Å²) < 4.78 is 0. The second-order valence-electron chi connectivity index (χ2n) is 4.92. The van der Waals surface area contributed by atoms with Gasteiger partial charge < -0.3 is 9.90 Å². The van der Waals surface area contributed by atoms with Gasteiger partial charge in [0.1, 0.15) is 0 Å². The molecule has 2 heteroatoms. The van der Waals surface area contributed by atoms with Gasteiger partial charge in [-0.2, -0.15) is 0 Å². The van der Waals surface area contributed by atoms with Crippen LogP contribution in [0.1, 0.15) is 72.1 Å². The molecule has 0 N–H and O–H groups in total. The summed E-state index contributed by atoms with van der Waals surface area (Å²) in [6.45, 7) is 6.22. The standard InChI is InChI=1S/C14H28O2/c1-4-6-10-13(5-2)11-8-7-9-12(3)14(15)16/h12-13H,4-11H2,1-3H3,(H,15,16)/p-1. The van der Waals surface area contributed by atoms with Gasteiger partial charge in [0.2, 0.25) is 0 Å². The fourth-order valence-corrected chi connectivity index (χ4v) is 2.05. The van der Waals surface area contributed by atoms with Crippen molar-refractivity contribution in [1.29, 1.82) is 0 Å². The Kier molecular flexibility index (Phi) is 9.36. The molecule has 0 fully saturated rings. The maximum atomic E-state index is 10.5. The molecule has 0 amide bonds. The Bertz CT molecular complexity index is 178. The topological polar surface area (TPSA) is 40.1 Å². The molecule has 0 aromatic heterocycles. The van der Waals surface area contributed by atoms with E-state index in [0.29, 0.717) is 0 Å². The van der Waals surface area contributed by atoms with Crippen molar-refractivity contribution in [2.75, 3.05) is 0 Å². The van der Waals surface area contributed by atoms with Crippen molar-refractivity contribution in [1.82, 2.24) is 0 Å². The molecule has 0 saturated heterocycles. The van der Waals surface area contributed by atoms with Gasteiger partial charge in [0.05, 0.1) is 0 Å². The van der Waals surface area contributed by atoms with Crippen molar-refractivity contribution in [3.8, 4) is 0 Å². The fraction of sp³-hybridized carbons (Fsp3) is 0.929. The van der Waals surface area contributed by atoms with Gasteiger partial charge in [-0.1, -0.05) is 65.7 Å². The van der Waals surface area contributed by atoms with Crippen molar-refractivity contribution in [2.24, 2.45) is 11.8 Å². The van der Waals surface area contributed by atoms with Crippen LogP contribution in [0.25, 0.3) is 0 Å². The van der Waals surface area contributed by atoms with Crippen LogP contribution in [0.15, 0.2) is 0 Å². The molecule has 0 bridgehead atoms. The molecule has 2 unspecified atom stereocenters. The van der Waals surface area contributed by atoms with E-state index in [9.17, 15) is 9.90 Å². The first-order chi connectivity index (χ1) is 7.61. The van der Waals surface area contributed by atoms with E-state index in [1.165, 1.54) is 38.5 Å². The smallest absolute Gasteiger partial charge is 0.0442 e. The maximum Gasteiger partial charge on any atom is 0.0442 e. The Hall–Kier alpha value is -0.530. The number of hydrogen-bond acceptors (Lipinski definition) is 2. The summed E-state index contributed by atoms with van der Waals surface area (Å²) in [5, 5.41) is 10.5. The van der Waals surface area contributed by atoms with Crippen LogP contribution in [0.3, 0.4) is 0 Å². The van der Waals surface area contributed by atoms with Crippen molar-refractivity contribution < 1.29 is 9.90 Å². The third-order valence-electron chi connectivity index (χ3n) is 3.45. The molecule has 2 nitrogen and oxygen atoms in total. The van der Waals surface area contributed by atoms with Crippen molar-refractivity contribution in [3.05, 3.63) is 0 Å². The van der Waals surface area contributed by atoms with Crippen LogP contribution in [0.5, 0.6) is 0 Å². The van der Waals surface area contributed by atoms with Gasteiger partial charge in [-0.05, 0) is 18.3 Å². The molecular formula is C14H27O2-. The lowest BCUT2D eigenvalue weighted by Crippen LogP contribution is -2.29. The molecule has 0 rings (SSSR count). The third kappa shape index (κ3) is 7.72. The van der Waals surface area contributed by atoms with Crippen LogP contribution in [0.2, 0.25) is 0 Å². The molecule has 0 radical (unpaired) electrons. The lowest BCUT2D eigenvalue weighted by atomic mass is 9.92. The normalized spacial score (nSPS) is 14.7. The van der Waals surface area contributed by atoms with Crippen molar-refractivity contribution in [3.63, 3.8) is 0 Å². The Morgan fingerprint density at radius 2 is 1.62 bits per heavy atom. The van der Waals surface area contributed by atoms with Gasteiger partial charge in [0.25, 0.3) is 0 Å². The molecule has 96 valence electrons. The molecule has 0 spiro atoms. The van der Waals surface area contributed by atoms with Gasteiger partial charge in [0.15, 0.2) is 0 Å². The Balaban J connectivity index is 3.51. The monoisotopic (exact) mass is 227 g/mol. The number of aliphatic carboxylic acids is 1. The molecule has 2 atom stereocenters. The minimum absolute atomic E-state index is 0.282. The highest BCUT2D eigenvalue weighted by molar-refractivity contribution is 5.66. The minimum Gasteiger partial charge on any atom is -0.550 e. The van der Waals surface area contributed by atoms with Crippen LogP contribution in [-0.4, -0.2) is 5.97 Å². The van der Waals surface area contributed by atoms with E-state index < -0.39 is 5.97 Å². The summed E-state index contributed by atoms with van der Waals surface area (Å²) in [5.41, 5.74) is 0. The van der Waals surface area contributed by atoms with Gasteiger partial charge in [-0.15, -0.1) is 0 Å². The molecule has 0 aliphatic rings. The number of carboxylic acid groups (broad SMARTS) is 1. The predicted molar refractivity (Wildman–Crippen MR) is 65.9 cm³/mol. The van der Waals surface area contributed by atoms with E-state index in [-0.39, 0.29) is 5.92 Å². The maximum absolute atomic E-state index is 10.5. The fourth-order valence-electron chi connectivity index (χ4n) is 2.05. The summed E-state index contributed by atoms with van der Waals surface area (Å²) in [7, 11) is 0. The number of carboxylic acids is 1. The molecule has 0 aliphatic carbocycles. The van der Waals surface area contributed by atoms with Gasteiger partial charge >= 0.3 is 0 Å². The summed E-state index contributed by atoms with van der Waals surface area (Å²) in [4.78, 5) is 10.5. The van der Waals surface area contributed by atoms with E-state index in [1.54, 1.807) is 6.92 Å². The lowest BCUT2D eigenvalue weighted by molar-refractivity contribution is -0.311. The average Bonchev–Trinajstić information content (AvgIpc) is 2.27. The second kappa shape index (κ2) is 9.68. The van der Waals surface area contributed by atoms with Gasteiger partial charge in [0, 0.05) is 5.97 Å². The Labute approximate surface area is 100 Å². The second-order valence-corrected chi connectivity index (χ2v) is 4.92. The zero-order chi connectivity index (χ0) is 12.4. The number of carbonyl (C=O) groups excluding carboxylic acids is 1. The van der Waals surface area contributed by atoms with Crippen molar-refractivity contribution in [2.45, 2.75) is 72.1 Å². The Morgan fingerprint density at radius 3 is 2.12 bits per heavy atom. The zero-order valence-corrected chi connectivity index (χ0v) is 11.1. The summed E-state index contributed by atoms with van der Waals surface area (Å²) in [6.07, 6.45) is 9.42. The quantitative estimate of drug-likeness (QED) is 0.538. The number of hydrogen-bond donors (Lipinski definition) is 0. The molecule has 16 heavy (non-hydrogen) atoms. The largest absolute Gasteiger partial charge is 0.550 e. The average molecular weight is 227 g/mol. The predicted octanol–water partition coefficient (Wildman–Crippen LogP) is 3.15. The highest BCUT2D eigenvalue weighted by atomic mass is 16.4. The molecule has 0 aromatic rings. The number of rotatable bonds is 10. The molecule has 0 aromatic carbocycles. The first-order valence-corrected chi connectivity index (χ1v) is 6.82. The van der Waals surface area contributed by atoms with Gasteiger partial charge in [-0.25, -0.2) is 0 Å². The minimum atomic E-state index is -0.905. The zero-order valence-electron chi connectivity index (χ0n) is 11.1. The van der Waals surface area contributed by atoms with Crippen LogP contribution >= 0.6 is 0 Å². The van der Waals surface area contributed by atoms with Crippen LogP contribution < -0.4 is 5.11 Å². The highest BCUT2D eigenvalue weighted by Gasteiger charge is 2.07. The summed E-state index contributed by atoms with van der Waals surface area (Å²) in [6, 6.07) is 0. The SMILES string of the molecule is CCCCC(CC)CCCCC(C)C(=O)[O-]. The molecule has 0 heterocycles. The van der Waals surface area contributed by atoms with Crippen molar-refractivity contribution >= 4 is 5.97 Å². The third-order valence-corrected chi connectivity index (χ3v) is 3.45. The first kappa shape index (κ1) is 15.5. The summed E-state index contributed by atoms with van der Waals surface area (Å²) >= 11 is 0. The van der Waals surface area contributed by atoms with E-state index in [2.05, 4.69) is 13.8 Å². The van der Waals surface area contributed by atoms with Crippen LogP contribution in [0.4, 0.5) is 0 Å². The molecule has 0 aliphatic heterocycles. The summed E-state index contributed by atoms with van der Waals surface area (Å²) in [5.74, 6) is -0.341. The van der Waals surface area contributed by atoms with E-state index in [0.717, 1.165) is 18.8 Å². The van der Waals surface area contributed by atoms with Gasteiger partial charge in [-0.3, -0.25) is 0 Å². The van der Waals surface area contributed by atoms with E-state index in [1.807, 2.05) is 0 Å². The van der Waals surface area contributed by atoms with Crippen LogP contribution in [-0.2, 0) is 4.79 Å². The lowest BCUT2D eigenvalue weighted by Gasteiger charge is -2.15. The first-order valence-electron chi connectivity index (χ1n) is 6.82. The molecular weight excluding hydrogens is 200 g/mol. The number of unbranched alkanes of at least 4 members (excludes halogenated alkanes) is 2. The van der Waals surface area contributed by atoms with E-state index >= 15 is 0 Å². The molecule has 0 saturated carbocycles. The highest BCUT2D eigenvalue weighted by Crippen LogP contribution is 2.20. The van der Waals surface area contributed by atoms with E-state index in [4.69, 9.17) is 0 Å². The Morgan fingerprint density at radius 1 is 1.06 bits per heavy atom.